The lowest BCUT2D eigenvalue weighted by atomic mass is 10.3. The minimum atomic E-state index is 0.685. The number of para-hydroxylation sites is 2. The summed E-state index contributed by atoms with van der Waals surface area (Å²) in [7, 11) is 1.64. The zero-order chi connectivity index (χ0) is 15.4. The zero-order valence-electron chi connectivity index (χ0n) is 12.1. The fourth-order valence-corrected chi connectivity index (χ4v) is 3.44. The Kier molecular flexibility index (Phi) is 4.59. The molecule has 1 aromatic carbocycles. The van der Waals surface area contributed by atoms with Gasteiger partial charge in [-0.05, 0) is 19.1 Å². The molecule has 1 N–H and O–H groups in total. The molecule has 0 fully saturated rings. The predicted octanol–water partition coefficient (Wildman–Crippen LogP) is 3.88. The number of thioether (sulfide) groups is 1. The Morgan fingerprint density at radius 1 is 1.32 bits per heavy atom. The number of anilines is 2. The molecular weight excluding hydrogens is 320 g/mol. The van der Waals surface area contributed by atoms with Gasteiger partial charge in [-0.1, -0.05) is 40.4 Å². The molecule has 0 aliphatic heterocycles. The van der Waals surface area contributed by atoms with Gasteiger partial charge in [0, 0.05) is 6.07 Å². The van der Waals surface area contributed by atoms with Gasteiger partial charge in [-0.15, -0.1) is 10.2 Å². The van der Waals surface area contributed by atoms with Crippen molar-refractivity contribution in [2.45, 2.75) is 17.0 Å². The van der Waals surface area contributed by atoms with Gasteiger partial charge in [0.15, 0.2) is 4.34 Å². The topological polar surface area (TPSA) is 73.1 Å². The summed E-state index contributed by atoms with van der Waals surface area (Å²) in [5, 5.41) is 16.1. The minimum Gasteiger partial charge on any atom is -0.495 e. The Balaban J connectivity index is 1.63. The predicted molar refractivity (Wildman–Crippen MR) is 87.0 cm³/mol. The Hall–Kier alpha value is -2.06. The smallest absolute Gasteiger partial charge is 0.210 e. The first-order valence-corrected chi connectivity index (χ1v) is 8.33. The van der Waals surface area contributed by atoms with Gasteiger partial charge < -0.3 is 14.6 Å². The highest BCUT2D eigenvalue weighted by Crippen LogP contribution is 2.32. The number of benzene rings is 1. The molecule has 6 nitrogen and oxygen atoms in total. The summed E-state index contributed by atoms with van der Waals surface area (Å²) in [5.41, 5.74) is 1.75. The second-order valence-corrected chi connectivity index (χ2v) is 6.62. The average molecular weight is 334 g/mol. The molecule has 0 spiro atoms. The highest BCUT2D eigenvalue weighted by atomic mass is 32.2. The van der Waals surface area contributed by atoms with Gasteiger partial charge in [0.1, 0.15) is 11.5 Å². The number of rotatable bonds is 6. The second kappa shape index (κ2) is 6.80. The van der Waals surface area contributed by atoms with Crippen LogP contribution in [-0.2, 0) is 5.75 Å². The normalized spacial score (nSPS) is 10.6. The summed E-state index contributed by atoms with van der Waals surface area (Å²) < 4.78 is 11.3. The van der Waals surface area contributed by atoms with E-state index in [-0.39, 0.29) is 0 Å². The van der Waals surface area contributed by atoms with Gasteiger partial charge in [-0.3, -0.25) is 0 Å². The summed E-state index contributed by atoms with van der Waals surface area (Å²) in [6.07, 6.45) is 0. The largest absolute Gasteiger partial charge is 0.495 e. The maximum absolute atomic E-state index is 5.30. The van der Waals surface area contributed by atoms with E-state index in [1.807, 2.05) is 37.3 Å². The van der Waals surface area contributed by atoms with Crippen LogP contribution in [0.15, 0.2) is 39.2 Å². The van der Waals surface area contributed by atoms with Crippen molar-refractivity contribution >= 4 is 33.9 Å². The lowest BCUT2D eigenvalue weighted by molar-refractivity contribution is 0.391. The van der Waals surface area contributed by atoms with E-state index < -0.39 is 0 Å². The summed E-state index contributed by atoms with van der Waals surface area (Å²) >= 11 is 3.05. The molecule has 114 valence electrons. The van der Waals surface area contributed by atoms with Crippen LogP contribution in [0.5, 0.6) is 5.75 Å². The van der Waals surface area contributed by atoms with E-state index in [1.165, 1.54) is 11.3 Å². The van der Waals surface area contributed by atoms with Crippen LogP contribution in [0.2, 0.25) is 0 Å². The van der Waals surface area contributed by atoms with Crippen molar-refractivity contribution in [2.24, 2.45) is 0 Å². The lowest BCUT2D eigenvalue weighted by Crippen LogP contribution is -1.93. The van der Waals surface area contributed by atoms with Crippen LogP contribution < -0.4 is 10.1 Å². The Morgan fingerprint density at radius 3 is 2.95 bits per heavy atom. The van der Waals surface area contributed by atoms with Gasteiger partial charge in [0.2, 0.25) is 5.13 Å². The number of nitrogens with one attached hydrogen (secondary N) is 1. The molecule has 3 rings (SSSR count). The molecule has 2 heterocycles. The van der Waals surface area contributed by atoms with Gasteiger partial charge in [0.05, 0.1) is 24.2 Å². The molecule has 0 aliphatic carbocycles. The van der Waals surface area contributed by atoms with Crippen molar-refractivity contribution in [1.29, 1.82) is 0 Å². The molecule has 0 unspecified atom stereocenters. The Morgan fingerprint density at radius 2 is 2.18 bits per heavy atom. The SMILES string of the molecule is COc1ccccc1Nc1nnc(SCc2cc(C)no2)s1. The summed E-state index contributed by atoms with van der Waals surface area (Å²) in [6, 6.07) is 9.61. The van der Waals surface area contributed by atoms with Crippen LogP contribution in [0.25, 0.3) is 0 Å². The molecule has 2 aromatic heterocycles. The first-order chi connectivity index (χ1) is 10.7. The lowest BCUT2D eigenvalue weighted by Gasteiger charge is -2.07. The average Bonchev–Trinajstić information content (AvgIpc) is 3.15. The third-order valence-corrected chi connectivity index (χ3v) is 4.76. The Labute approximate surface area is 135 Å². The van der Waals surface area contributed by atoms with Crippen LogP contribution in [0.1, 0.15) is 11.5 Å². The van der Waals surface area contributed by atoms with Crippen molar-refractivity contribution in [2.75, 3.05) is 12.4 Å². The van der Waals surface area contributed by atoms with E-state index >= 15 is 0 Å². The third-order valence-electron chi connectivity index (χ3n) is 2.77. The fraction of sp³-hybridized carbons (Fsp3) is 0.214. The fourth-order valence-electron chi connectivity index (χ4n) is 1.80. The van der Waals surface area contributed by atoms with E-state index in [4.69, 9.17) is 9.26 Å². The quantitative estimate of drug-likeness (QED) is 0.686. The number of nitrogens with zero attached hydrogens (tertiary/aromatic N) is 3. The van der Waals surface area contributed by atoms with Crippen molar-refractivity contribution in [3.63, 3.8) is 0 Å². The van der Waals surface area contributed by atoms with E-state index in [1.54, 1.807) is 18.9 Å². The molecule has 0 amide bonds. The highest BCUT2D eigenvalue weighted by molar-refractivity contribution is 8.00. The second-order valence-electron chi connectivity index (χ2n) is 4.42. The number of aryl methyl sites for hydroxylation is 1. The highest BCUT2D eigenvalue weighted by Gasteiger charge is 2.09. The number of hydrogen-bond donors (Lipinski definition) is 1. The summed E-state index contributed by atoms with van der Waals surface area (Å²) in [6.45, 7) is 1.90. The molecule has 0 saturated carbocycles. The Bertz CT molecular complexity index is 757. The molecule has 0 atom stereocenters. The monoisotopic (exact) mass is 334 g/mol. The van der Waals surface area contributed by atoms with Gasteiger partial charge in [-0.2, -0.15) is 0 Å². The van der Waals surface area contributed by atoms with Crippen LogP contribution in [0.3, 0.4) is 0 Å². The van der Waals surface area contributed by atoms with E-state index in [2.05, 4.69) is 20.7 Å². The molecule has 0 radical (unpaired) electrons. The number of ether oxygens (including phenoxy) is 1. The van der Waals surface area contributed by atoms with Crippen molar-refractivity contribution in [3.05, 3.63) is 41.8 Å². The van der Waals surface area contributed by atoms with Crippen molar-refractivity contribution in [3.8, 4) is 5.75 Å². The molecule has 0 aliphatic rings. The van der Waals surface area contributed by atoms with Crippen LogP contribution in [0.4, 0.5) is 10.8 Å². The third kappa shape index (κ3) is 3.58. The van der Waals surface area contributed by atoms with Crippen molar-refractivity contribution < 1.29 is 9.26 Å². The van der Waals surface area contributed by atoms with Crippen molar-refractivity contribution in [1.82, 2.24) is 15.4 Å². The first-order valence-electron chi connectivity index (χ1n) is 6.53. The number of aromatic nitrogens is 3. The van der Waals surface area contributed by atoms with Gasteiger partial charge >= 0.3 is 0 Å². The van der Waals surface area contributed by atoms with Gasteiger partial charge in [0.25, 0.3) is 0 Å². The summed E-state index contributed by atoms with van der Waals surface area (Å²) in [4.78, 5) is 0. The molecule has 0 bridgehead atoms. The van der Waals surface area contributed by atoms with E-state index in [0.717, 1.165) is 32.4 Å². The summed E-state index contributed by atoms with van der Waals surface area (Å²) in [5.74, 6) is 2.28. The molecule has 3 aromatic rings. The van der Waals surface area contributed by atoms with E-state index in [0.29, 0.717) is 5.75 Å². The van der Waals surface area contributed by atoms with Crippen LogP contribution in [-0.4, -0.2) is 22.5 Å². The van der Waals surface area contributed by atoms with Crippen LogP contribution >= 0.6 is 23.1 Å². The zero-order valence-corrected chi connectivity index (χ0v) is 13.7. The standard InChI is InChI=1S/C14H14N4O2S2/c1-9-7-10(20-18-9)8-21-14-17-16-13(22-14)15-11-5-3-4-6-12(11)19-2/h3-7H,8H2,1-2H3,(H,15,16). The maximum atomic E-state index is 5.30. The number of hydrogen-bond acceptors (Lipinski definition) is 8. The number of methoxy groups -OCH3 is 1. The van der Waals surface area contributed by atoms with E-state index in [9.17, 15) is 0 Å². The first kappa shape index (κ1) is 14.9. The molecule has 22 heavy (non-hydrogen) atoms. The maximum Gasteiger partial charge on any atom is 0.210 e. The van der Waals surface area contributed by atoms with Gasteiger partial charge in [-0.25, -0.2) is 0 Å². The molecule has 8 heteroatoms. The minimum absolute atomic E-state index is 0.685. The van der Waals surface area contributed by atoms with Crippen LogP contribution in [0, 0.1) is 6.92 Å². The molecule has 0 saturated heterocycles. The molecular formula is C14H14N4O2S2.